The highest BCUT2D eigenvalue weighted by Gasteiger charge is 2.16. The molecule has 0 fully saturated rings. The Morgan fingerprint density at radius 3 is 2.54 bits per heavy atom. The number of halogens is 3. The molecule has 0 bridgehead atoms. The average molecular weight is 619 g/mol. The predicted octanol–water partition coefficient (Wildman–Crippen LogP) is 5.30. The van der Waals surface area contributed by atoms with Crippen LogP contribution >= 0.6 is 46.3 Å². The molecular weight excluding hydrogens is 592 g/mol. The third-order valence-electron chi connectivity index (χ3n) is 5.47. The number of aromatic nitrogens is 2. The fraction of sp³-hybridized carbons (Fsp3) is 0.360. The van der Waals surface area contributed by atoms with E-state index in [0.717, 1.165) is 47.6 Å². The number of thioether (sulfide) groups is 1. The Bertz CT molecular complexity index is 1490. The van der Waals surface area contributed by atoms with Gasteiger partial charge in [0.15, 0.2) is 6.10 Å². The molecular formula is C25H26Cl2FN3O6S2. The summed E-state index contributed by atoms with van der Waals surface area (Å²) in [7, 11) is 1.30. The summed E-state index contributed by atoms with van der Waals surface area (Å²) in [5.74, 6) is -1.36. The second-order valence-electron chi connectivity index (χ2n) is 8.32. The summed E-state index contributed by atoms with van der Waals surface area (Å²) in [6.45, 7) is 4.62. The number of nitrogens with zero attached hydrogens (tertiary/aromatic N) is 3. The zero-order chi connectivity index (χ0) is 28.7. The van der Waals surface area contributed by atoms with Crippen molar-refractivity contribution in [3.8, 4) is 5.75 Å². The van der Waals surface area contributed by atoms with Crippen LogP contribution in [0.15, 0.2) is 45.0 Å². The van der Waals surface area contributed by atoms with Crippen LogP contribution in [0.5, 0.6) is 5.75 Å². The van der Waals surface area contributed by atoms with Crippen molar-refractivity contribution in [1.29, 1.82) is 0 Å². The third kappa shape index (κ3) is 8.34. The lowest BCUT2D eigenvalue weighted by atomic mass is 10.2. The molecule has 39 heavy (non-hydrogen) atoms. The average Bonchev–Trinajstić information content (AvgIpc) is 3.21. The number of ether oxygens (including phenoxy) is 2. The van der Waals surface area contributed by atoms with E-state index in [0.29, 0.717) is 33.6 Å². The topological polar surface area (TPSA) is 112 Å². The van der Waals surface area contributed by atoms with Gasteiger partial charge >= 0.3 is 16.8 Å². The zero-order valence-electron chi connectivity index (χ0n) is 21.3. The lowest BCUT2D eigenvalue weighted by molar-refractivity contribution is -0.144. The number of esters is 1. The van der Waals surface area contributed by atoms with Gasteiger partial charge < -0.3 is 14.6 Å². The number of rotatable bonds is 7. The quantitative estimate of drug-likeness (QED) is 0.283. The van der Waals surface area contributed by atoms with Crippen molar-refractivity contribution >= 4 is 63.9 Å². The van der Waals surface area contributed by atoms with Crippen LogP contribution in [-0.4, -0.2) is 45.4 Å². The fourth-order valence-electron chi connectivity index (χ4n) is 3.42. The van der Waals surface area contributed by atoms with Crippen molar-refractivity contribution in [2.75, 3.05) is 12.9 Å². The fourth-order valence-corrected chi connectivity index (χ4v) is 5.63. The minimum Gasteiger partial charge on any atom is -0.479 e. The summed E-state index contributed by atoms with van der Waals surface area (Å²) >= 11 is 13.9. The maximum atomic E-state index is 14.3. The number of carboxylic acids is 1. The Morgan fingerprint density at radius 1 is 1.21 bits per heavy atom. The van der Waals surface area contributed by atoms with Crippen LogP contribution in [0.2, 0.25) is 10.0 Å². The van der Waals surface area contributed by atoms with Gasteiger partial charge in [0.2, 0.25) is 4.80 Å². The smallest absolute Gasteiger partial charge is 0.344 e. The number of carboxylic acid groups (broad SMARTS) is 1. The summed E-state index contributed by atoms with van der Waals surface area (Å²) in [5.41, 5.74) is 0.907. The van der Waals surface area contributed by atoms with Crippen LogP contribution in [0, 0.1) is 12.7 Å². The van der Waals surface area contributed by atoms with Gasteiger partial charge in [-0.25, -0.2) is 18.9 Å². The first-order chi connectivity index (χ1) is 18.5. The minimum atomic E-state index is -0.987. The first kappa shape index (κ1) is 30.7. The van der Waals surface area contributed by atoms with Crippen LogP contribution in [0.25, 0.3) is 0 Å². The van der Waals surface area contributed by atoms with Gasteiger partial charge in [-0.1, -0.05) is 23.2 Å². The van der Waals surface area contributed by atoms with E-state index in [2.05, 4.69) is 9.73 Å². The third-order valence-corrected chi connectivity index (χ3v) is 8.03. The number of benzene rings is 2. The summed E-state index contributed by atoms with van der Waals surface area (Å²) in [6, 6.07) is 7.70. The molecule has 2 heterocycles. The Balaban J connectivity index is 0.000000255. The first-order valence-corrected chi connectivity index (χ1v) is 14.3. The molecule has 0 amide bonds. The van der Waals surface area contributed by atoms with Crippen LogP contribution < -0.4 is 14.4 Å². The van der Waals surface area contributed by atoms with E-state index in [9.17, 15) is 18.8 Å². The van der Waals surface area contributed by atoms with Gasteiger partial charge in [-0.05, 0) is 73.9 Å². The van der Waals surface area contributed by atoms with E-state index < -0.39 is 23.9 Å². The van der Waals surface area contributed by atoms with Gasteiger partial charge in [0.1, 0.15) is 17.3 Å². The number of aryl methyl sites for hydroxylation is 1. The molecule has 2 aromatic carbocycles. The molecule has 1 aliphatic heterocycles. The molecule has 0 spiro atoms. The molecule has 0 saturated carbocycles. The van der Waals surface area contributed by atoms with E-state index in [-0.39, 0.29) is 21.3 Å². The number of hydrogen-bond acceptors (Lipinski definition) is 8. The Labute approximate surface area is 241 Å². The number of carbonyl (C=O) groups is 2. The van der Waals surface area contributed by atoms with E-state index in [4.69, 9.17) is 33.0 Å². The molecule has 14 heteroatoms. The number of aliphatic carboxylic acids is 1. The Morgan fingerprint density at radius 2 is 1.90 bits per heavy atom. The van der Waals surface area contributed by atoms with Gasteiger partial charge in [-0.15, -0.1) is 11.8 Å². The van der Waals surface area contributed by atoms with Crippen molar-refractivity contribution in [3.05, 3.63) is 66.2 Å². The van der Waals surface area contributed by atoms with E-state index >= 15 is 0 Å². The number of fused-ring (bicyclic) bond motifs is 1. The minimum absolute atomic E-state index is 0.0605. The monoisotopic (exact) mass is 617 g/mol. The molecule has 1 atom stereocenters. The van der Waals surface area contributed by atoms with Gasteiger partial charge in [-0.3, -0.25) is 14.3 Å². The Hall–Kier alpha value is -2.80. The van der Waals surface area contributed by atoms with Crippen molar-refractivity contribution < 1.29 is 28.6 Å². The molecule has 4 rings (SSSR count). The number of hydrogen-bond donors (Lipinski definition) is 1. The van der Waals surface area contributed by atoms with Crippen LogP contribution in [0.1, 0.15) is 25.3 Å². The molecule has 1 unspecified atom stereocenters. The maximum absolute atomic E-state index is 14.3. The molecule has 9 nitrogen and oxygen atoms in total. The summed E-state index contributed by atoms with van der Waals surface area (Å²) in [6.07, 6.45) is 1.04. The maximum Gasteiger partial charge on any atom is 0.344 e. The molecule has 3 aromatic rings. The normalized spacial score (nSPS) is 13.6. The largest absolute Gasteiger partial charge is 0.479 e. The molecule has 1 aromatic heterocycles. The van der Waals surface area contributed by atoms with E-state index in [1.807, 2.05) is 6.92 Å². The number of methoxy groups -OCH3 is 1. The lowest BCUT2D eigenvalue weighted by Crippen LogP contribution is -2.31. The number of carbonyl (C=O) groups excluding carboxylic acids is 1. The molecule has 0 aliphatic carbocycles. The molecule has 210 valence electrons. The van der Waals surface area contributed by atoms with Crippen LogP contribution in [0.3, 0.4) is 0 Å². The highest BCUT2D eigenvalue weighted by Crippen LogP contribution is 2.33. The molecule has 0 radical (unpaired) electrons. The van der Waals surface area contributed by atoms with Crippen molar-refractivity contribution in [3.63, 3.8) is 0 Å². The van der Waals surface area contributed by atoms with E-state index in [1.165, 1.54) is 20.1 Å². The SMILES string of the molecule is COC(=O)CSc1cc(/N=c2\sc(=O)n3n2CCCC3)c(F)cc1Cl.Cc1cc(Cl)ccc1OC(C)C(=O)O. The van der Waals surface area contributed by atoms with Crippen LogP contribution in [0.4, 0.5) is 10.1 Å². The second-order valence-corrected chi connectivity index (χ2v) is 11.1. The summed E-state index contributed by atoms with van der Waals surface area (Å²) < 4.78 is 27.5. The van der Waals surface area contributed by atoms with Gasteiger partial charge in [0.25, 0.3) is 0 Å². The molecule has 1 aliphatic rings. The van der Waals surface area contributed by atoms with E-state index in [1.54, 1.807) is 27.6 Å². The summed E-state index contributed by atoms with van der Waals surface area (Å²) in [5, 5.41) is 9.45. The van der Waals surface area contributed by atoms with Gasteiger partial charge in [-0.2, -0.15) is 0 Å². The van der Waals surface area contributed by atoms with Crippen molar-refractivity contribution in [1.82, 2.24) is 9.36 Å². The standard InChI is InChI=1S/C15H15ClFN3O3S2.C10H11ClO3/c1-23-13(21)8-24-12-7-11(10(17)6-9(12)16)18-14-19-4-2-3-5-20(19)15(22)25-14;1-6-5-8(11)3-4-9(6)14-7(2)10(12)13/h6-7H,2-5,8H2,1H3;3-5,7H,1-2H3,(H,12,13)/b18-14-;. The van der Waals surface area contributed by atoms with Gasteiger partial charge in [0, 0.05) is 23.0 Å². The Kier molecular flexibility index (Phi) is 11.0. The molecule has 1 N–H and O–H groups in total. The first-order valence-electron chi connectivity index (χ1n) is 11.7. The predicted molar refractivity (Wildman–Crippen MR) is 149 cm³/mol. The van der Waals surface area contributed by atoms with Crippen molar-refractivity contribution in [2.24, 2.45) is 4.99 Å². The molecule has 0 saturated heterocycles. The highest BCUT2D eigenvalue weighted by atomic mass is 35.5. The van der Waals surface area contributed by atoms with Gasteiger partial charge in [0.05, 0.1) is 17.9 Å². The van der Waals surface area contributed by atoms with Crippen LogP contribution in [-0.2, 0) is 27.4 Å². The lowest BCUT2D eigenvalue weighted by Gasteiger charge is -2.15. The summed E-state index contributed by atoms with van der Waals surface area (Å²) in [4.78, 5) is 39.0. The second kappa shape index (κ2) is 14.0. The van der Waals surface area contributed by atoms with Crippen molar-refractivity contribution in [2.45, 2.75) is 50.8 Å². The zero-order valence-corrected chi connectivity index (χ0v) is 24.4. The highest BCUT2D eigenvalue weighted by molar-refractivity contribution is 8.00.